The Morgan fingerprint density at radius 1 is 1.28 bits per heavy atom. The van der Waals surface area contributed by atoms with E-state index >= 15 is 0 Å². The van der Waals surface area contributed by atoms with Gasteiger partial charge < -0.3 is 24.4 Å². The molecule has 0 aromatic carbocycles. The van der Waals surface area contributed by atoms with Gasteiger partial charge >= 0.3 is 5.97 Å². The Morgan fingerprint density at radius 3 is 2.44 bits per heavy atom. The predicted molar refractivity (Wildman–Crippen MR) is 154 cm³/mol. The number of likely N-dealkylation sites (tertiary alicyclic amines) is 1. The van der Waals surface area contributed by atoms with Crippen LogP contribution in [-0.4, -0.2) is 86.6 Å². The van der Waals surface area contributed by atoms with Crippen LogP contribution in [0.4, 0.5) is 0 Å². The Morgan fingerprint density at radius 2 is 1.92 bits per heavy atom. The Bertz CT molecular complexity index is 977. The van der Waals surface area contributed by atoms with Gasteiger partial charge in [0.05, 0.1) is 30.6 Å². The fourth-order valence-corrected chi connectivity index (χ4v) is 8.27. The molecule has 0 aliphatic carbocycles. The summed E-state index contributed by atoms with van der Waals surface area (Å²) in [6.45, 7) is 22.0. The Kier molecular flexibility index (Phi) is 9.50. The van der Waals surface area contributed by atoms with Crippen LogP contribution in [0.1, 0.15) is 67.7 Å². The van der Waals surface area contributed by atoms with Crippen LogP contribution in [0, 0.1) is 23.2 Å². The zero-order valence-electron chi connectivity index (χ0n) is 24.6. The van der Waals surface area contributed by atoms with Crippen molar-refractivity contribution in [2.75, 3.05) is 19.8 Å². The molecule has 39 heavy (non-hydrogen) atoms. The lowest BCUT2D eigenvalue weighted by Gasteiger charge is -2.47. The standard InChI is InChI=1S/C30H47BrN2O6/c1-10-13-32(29(8,9)17-28(5,6)7)26(36)24-30-15-19(31)23(39-30)21(27(37)38-14-11-2)22(30)25(35)33(24)20(16-34)18(4)12-3/h10-11,18-24,34H,1-2,12-17H2,3-9H3/t18-,19?,20-,21+,22-,23+,24?,30?/m0/s1. The fourth-order valence-electron chi connectivity index (χ4n) is 7.33. The van der Waals surface area contributed by atoms with Crippen LogP contribution in [0.2, 0.25) is 0 Å². The largest absolute Gasteiger partial charge is 0.461 e. The molecular formula is C30H47BrN2O6. The number of hydrogen-bond acceptors (Lipinski definition) is 6. The van der Waals surface area contributed by atoms with Crippen molar-refractivity contribution >= 4 is 33.7 Å². The van der Waals surface area contributed by atoms with Gasteiger partial charge in [0.25, 0.3) is 0 Å². The molecule has 8 atom stereocenters. The van der Waals surface area contributed by atoms with Crippen LogP contribution in [0.3, 0.4) is 0 Å². The van der Waals surface area contributed by atoms with Crippen LogP contribution < -0.4 is 0 Å². The van der Waals surface area contributed by atoms with Crippen molar-refractivity contribution in [2.45, 2.75) is 102 Å². The van der Waals surface area contributed by atoms with Gasteiger partial charge in [0.2, 0.25) is 11.8 Å². The minimum Gasteiger partial charge on any atom is -0.461 e. The average Bonchev–Trinajstić information content (AvgIpc) is 3.43. The zero-order valence-corrected chi connectivity index (χ0v) is 26.2. The van der Waals surface area contributed by atoms with Gasteiger partial charge in [0.15, 0.2) is 0 Å². The molecule has 3 aliphatic heterocycles. The second-order valence-electron chi connectivity index (χ2n) is 13.3. The molecule has 2 amide bonds. The summed E-state index contributed by atoms with van der Waals surface area (Å²) in [4.78, 5) is 45.6. The molecule has 0 saturated carbocycles. The number of hydrogen-bond donors (Lipinski definition) is 1. The van der Waals surface area contributed by atoms with E-state index in [1.54, 1.807) is 15.9 Å². The van der Waals surface area contributed by atoms with Crippen molar-refractivity contribution in [3.63, 3.8) is 0 Å². The van der Waals surface area contributed by atoms with Crippen molar-refractivity contribution in [1.82, 2.24) is 9.80 Å². The zero-order chi connectivity index (χ0) is 29.5. The highest BCUT2D eigenvalue weighted by molar-refractivity contribution is 9.09. The molecule has 1 N–H and O–H groups in total. The highest BCUT2D eigenvalue weighted by Gasteiger charge is 2.78. The van der Waals surface area contributed by atoms with E-state index in [2.05, 4.69) is 49.9 Å². The van der Waals surface area contributed by atoms with Crippen molar-refractivity contribution in [1.29, 1.82) is 0 Å². The first-order chi connectivity index (χ1) is 18.1. The molecule has 3 unspecified atom stereocenters. The van der Waals surface area contributed by atoms with Crippen LogP contribution in [0.5, 0.6) is 0 Å². The normalized spacial score (nSPS) is 31.6. The summed E-state index contributed by atoms with van der Waals surface area (Å²) in [6, 6.07) is -1.60. The van der Waals surface area contributed by atoms with E-state index < -0.39 is 47.1 Å². The summed E-state index contributed by atoms with van der Waals surface area (Å²) < 4.78 is 12.0. The molecule has 0 aromatic rings. The van der Waals surface area contributed by atoms with E-state index in [4.69, 9.17) is 9.47 Å². The summed E-state index contributed by atoms with van der Waals surface area (Å²) in [6.07, 6.45) is 4.40. The van der Waals surface area contributed by atoms with Gasteiger partial charge in [0.1, 0.15) is 18.2 Å². The number of carbonyl (C=O) groups is 3. The average molecular weight is 612 g/mol. The molecule has 3 heterocycles. The van der Waals surface area contributed by atoms with E-state index in [0.29, 0.717) is 25.8 Å². The van der Waals surface area contributed by atoms with Crippen LogP contribution in [0.15, 0.2) is 25.3 Å². The topological polar surface area (TPSA) is 96.4 Å². The summed E-state index contributed by atoms with van der Waals surface area (Å²) in [5.74, 6) is -2.93. The minimum absolute atomic E-state index is 0.0230. The van der Waals surface area contributed by atoms with Gasteiger partial charge in [-0.2, -0.15) is 0 Å². The lowest BCUT2D eigenvalue weighted by atomic mass is 9.70. The van der Waals surface area contributed by atoms with Crippen molar-refractivity contribution in [3.8, 4) is 0 Å². The maximum absolute atomic E-state index is 14.8. The molecule has 3 rings (SSSR count). The van der Waals surface area contributed by atoms with Crippen LogP contribution in [0.25, 0.3) is 0 Å². The highest BCUT2D eigenvalue weighted by atomic mass is 79.9. The lowest BCUT2D eigenvalue weighted by Crippen LogP contribution is -2.63. The smallest absolute Gasteiger partial charge is 0.312 e. The number of ether oxygens (including phenoxy) is 2. The Labute approximate surface area is 242 Å². The van der Waals surface area contributed by atoms with Gasteiger partial charge in [-0.25, -0.2) is 0 Å². The van der Waals surface area contributed by atoms with Gasteiger partial charge in [-0.15, -0.1) is 6.58 Å². The summed E-state index contributed by atoms with van der Waals surface area (Å²) >= 11 is 3.69. The molecule has 1 spiro atoms. The second kappa shape index (κ2) is 11.6. The number of rotatable bonds is 12. The predicted octanol–water partition coefficient (Wildman–Crippen LogP) is 4.10. The first-order valence-corrected chi connectivity index (χ1v) is 15.0. The number of halogens is 1. The number of alkyl halides is 1. The maximum Gasteiger partial charge on any atom is 0.312 e. The van der Waals surface area contributed by atoms with E-state index in [-0.39, 0.29) is 41.2 Å². The summed E-state index contributed by atoms with van der Waals surface area (Å²) in [5.41, 5.74) is -1.85. The quantitative estimate of drug-likeness (QED) is 0.203. The van der Waals surface area contributed by atoms with Gasteiger partial charge in [0, 0.05) is 16.9 Å². The highest BCUT2D eigenvalue weighted by Crippen LogP contribution is 2.61. The molecule has 0 aromatic heterocycles. The number of aliphatic hydroxyl groups is 1. The van der Waals surface area contributed by atoms with Crippen molar-refractivity contribution in [3.05, 3.63) is 25.3 Å². The first kappa shape index (κ1) is 31.8. The number of esters is 1. The number of amides is 2. The van der Waals surface area contributed by atoms with Gasteiger partial charge in [-0.1, -0.05) is 75.7 Å². The molecule has 220 valence electrons. The molecule has 2 bridgehead atoms. The molecule has 3 aliphatic rings. The number of nitrogens with zero attached hydrogens (tertiary/aromatic N) is 2. The van der Waals surface area contributed by atoms with E-state index in [9.17, 15) is 19.5 Å². The van der Waals surface area contributed by atoms with E-state index in [0.717, 1.165) is 0 Å². The minimum atomic E-state index is -1.22. The number of fused-ring (bicyclic) bond motifs is 1. The number of carbonyl (C=O) groups excluding carboxylic acids is 3. The third kappa shape index (κ3) is 5.60. The monoisotopic (exact) mass is 610 g/mol. The van der Waals surface area contributed by atoms with Crippen LogP contribution >= 0.6 is 15.9 Å². The number of aliphatic hydroxyl groups excluding tert-OH is 1. The SMILES string of the molecule is C=CCOC(=O)[C@H]1[C@@H]2OC3(CC2Br)C(C(=O)N(CC=C)C(C)(C)CC(C)(C)C)N([C@@H](CO)[C@@H](C)CC)C(=O)[C@H]13. The van der Waals surface area contributed by atoms with E-state index in [1.165, 1.54) is 6.08 Å². The van der Waals surface area contributed by atoms with E-state index in [1.807, 2.05) is 27.7 Å². The molecular weight excluding hydrogens is 564 g/mol. The molecule has 3 fully saturated rings. The second-order valence-corrected chi connectivity index (χ2v) is 14.4. The molecule has 9 heteroatoms. The Balaban J connectivity index is 2.18. The third-order valence-corrected chi connectivity index (χ3v) is 9.54. The fraction of sp³-hybridized carbons (Fsp3) is 0.767. The third-order valence-electron chi connectivity index (χ3n) is 8.69. The van der Waals surface area contributed by atoms with Crippen LogP contribution in [-0.2, 0) is 23.9 Å². The summed E-state index contributed by atoms with van der Waals surface area (Å²) in [5, 5.41) is 10.5. The maximum atomic E-state index is 14.8. The van der Waals surface area contributed by atoms with Gasteiger partial charge in [-0.3, -0.25) is 14.4 Å². The molecule has 0 radical (unpaired) electrons. The Hall–Kier alpha value is -1.71. The van der Waals surface area contributed by atoms with Crippen molar-refractivity contribution < 1.29 is 29.0 Å². The molecule has 3 saturated heterocycles. The first-order valence-electron chi connectivity index (χ1n) is 14.1. The van der Waals surface area contributed by atoms with Gasteiger partial charge in [-0.05, 0) is 38.0 Å². The summed E-state index contributed by atoms with van der Waals surface area (Å²) in [7, 11) is 0. The van der Waals surface area contributed by atoms with Crippen molar-refractivity contribution in [2.24, 2.45) is 23.2 Å². The molecule has 8 nitrogen and oxygen atoms in total. The lowest BCUT2D eigenvalue weighted by molar-refractivity contribution is -0.158.